The van der Waals surface area contributed by atoms with Crippen LogP contribution in [0.5, 0.6) is 0 Å². The van der Waals surface area contributed by atoms with Crippen molar-refractivity contribution >= 4 is 10.9 Å². The maximum absolute atomic E-state index is 10.5. The highest BCUT2D eigenvalue weighted by atomic mass is 16.3. The van der Waals surface area contributed by atoms with Gasteiger partial charge in [0.1, 0.15) is 0 Å². The van der Waals surface area contributed by atoms with Gasteiger partial charge >= 0.3 is 0 Å². The van der Waals surface area contributed by atoms with Gasteiger partial charge in [-0.15, -0.1) is 0 Å². The molecule has 2 unspecified atom stereocenters. The normalized spacial score (nSPS) is 14.3. The average molecular weight is 271 g/mol. The van der Waals surface area contributed by atoms with E-state index >= 15 is 0 Å². The van der Waals surface area contributed by atoms with Gasteiger partial charge in [0.2, 0.25) is 0 Å². The van der Waals surface area contributed by atoms with E-state index in [4.69, 9.17) is 0 Å². The van der Waals surface area contributed by atoms with Crippen LogP contribution in [0, 0.1) is 5.92 Å². The molecule has 2 rings (SSSR count). The molecule has 0 fully saturated rings. The Morgan fingerprint density at radius 2 is 1.95 bits per heavy atom. The second kappa shape index (κ2) is 7.39. The van der Waals surface area contributed by atoms with Crippen LogP contribution in [-0.2, 0) is 6.42 Å². The second-order valence-corrected chi connectivity index (χ2v) is 5.57. The van der Waals surface area contributed by atoms with E-state index in [2.05, 4.69) is 24.9 Å². The van der Waals surface area contributed by atoms with Gasteiger partial charge in [-0.05, 0) is 36.5 Å². The second-order valence-electron chi connectivity index (χ2n) is 5.57. The van der Waals surface area contributed by atoms with E-state index in [1.165, 1.54) is 23.8 Å². The molecular weight excluding hydrogens is 246 g/mol. The van der Waals surface area contributed by atoms with Crippen molar-refractivity contribution in [2.45, 2.75) is 52.1 Å². The average Bonchev–Trinajstić information content (AvgIpc) is 2.48. The molecule has 108 valence electrons. The van der Waals surface area contributed by atoms with Crippen molar-refractivity contribution in [3.05, 3.63) is 42.1 Å². The van der Waals surface area contributed by atoms with Crippen LogP contribution in [0.2, 0.25) is 0 Å². The van der Waals surface area contributed by atoms with Gasteiger partial charge in [-0.3, -0.25) is 4.98 Å². The third-order valence-corrected chi connectivity index (χ3v) is 4.17. The maximum atomic E-state index is 10.5. The third-order valence-electron chi connectivity index (χ3n) is 4.17. The van der Waals surface area contributed by atoms with Crippen molar-refractivity contribution in [1.82, 2.24) is 4.98 Å². The number of benzene rings is 1. The van der Waals surface area contributed by atoms with Gasteiger partial charge in [0.15, 0.2) is 0 Å². The summed E-state index contributed by atoms with van der Waals surface area (Å²) in [7, 11) is 0. The van der Waals surface area contributed by atoms with Gasteiger partial charge in [0.25, 0.3) is 0 Å². The maximum Gasteiger partial charge on any atom is 0.0704 e. The molecule has 2 heteroatoms. The minimum atomic E-state index is -0.252. The summed E-state index contributed by atoms with van der Waals surface area (Å²) in [6.45, 7) is 4.38. The first-order chi connectivity index (χ1) is 9.76. The van der Waals surface area contributed by atoms with Crippen molar-refractivity contribution < 1.29 is 5.11 Å². The lowest BCUT2D eigenvalue weighted by atomic mass is 9.89. The van der Waals surface area contributed by atoms with Gasteiger partial charge in [0, 0.05) is 11.6 Å². The molecule has 1 aromatic heterocycles. The molecule has 2 atom stereocenters. The quantitative estimate of drug-likeness (QED) is 0.812. The fourth-order valence-electron chi connectivity index (χ4n) is 2.86. The summed E-state index contributed by atoms with van der Waals surface area (Å²) in [5, 5.41) is 11.7. The largest absolute Gasteiger partial charge is 0.392 e. The number of aromatic nitrogens is 1. The first-order valence-electron chi connectivity index (χ1n) is 7.77. The molecule has 0 radical (unpaired) electrons. The van der Waals surface area contributed by atoms with Crippen molar-refractivity contribution in [2.75, 3.05) is 0 Å². The van der Waals surface area contributed by atoms with E-state index in [-0.39, 0.29) is 6.10 Å². The molecule has 0 bridgehead atoms. The van der Waals surface area contributed by atoms with Crippen LogP contribution < -0.4 is 0 Å². The Kier molecular flexibility index (Phi) is 5.54. The Balaban J connectivity index is 2.14. The standard InChI is InChI=1S/C18H25NO/c1-3-5-8-14(4-2)18(20)13-15-11-12-19-17-10-7-6-9-16(15)17/h6-7,9-12,14,18,20H,3-5,8,13H2,1-2H3. The van der Waals surface area contributed by atoms with Crippen molar-refractivity contribution in [3.8, 4) is 0 Å². The van der Waals surface area contributed by atoms with Crippen molar-refractivity contribution in [3.63, 3.8) is 0 Å². The van der Waals surface area contributed by atoms with E-state index < -0.39 is 0 Å². The van der Waals surface area contributed by atoms with Crippen molar-refractivity contribution in [1.29, 1.82) is 0 Å². The lowest BCUT2D eigenvalue weighted by molar-refractivity contribution is 0.0990. The monoisotopic (exact) mass is 271 g/mol. The third kappa shape index (κ3) is 3.57. The van der Waals surface area contributed by atoms with Crippen LogP contribution in [0.25, 0.3) is 10.9 Å². The highest BCUT2D eigenvalue weighted by molar-refractivity contribution is 5.81. The molecule has 0 spiro atoms. The molecule has 1 aromatic carbocycles. The summed E-state index contributed by atoms with van der Waals surface area (Å²) in [6, 6.07) is 10.2. The number of pyridine rings is 1. The predicted octanol–water partition coefficient (Wildman–Crippen LogP) is 4.35. The molecule has 20 heavy (non-hydrogen) atoms. The van der Waals surface area contributed by atoms with Crippen molar-refractivity contribution in [2.24, 2.45) is 5.92 Å². The summed E-state index contributed by atoms with van der Waals surface area (Å²) in [5.41, 5.74) is 2.22. The summed E-state index contributed by atoms with van der Waals surface area (Å²) in [6.07, 6.45) is 6.88. The fraction of sp³-hybridized carbons (Fsp3) is 0.500. The number of rotatable bonds is 7. The van der Waals surface area contributed by atoms with Crippen LogP contribution in [0.3, 0.4) is 0 Å². The Morgan fingerprint density at radius 3 is 2.70 bits per heavy atom. The highest BCUT2D eigenvalue weighted by Gasteiger charge is 2.18. The first kappa shape index (κ1) is 15.0. The van der Waals surface area contributed by atoms with E-state index in [1.807, 2.05) is 30.5 Å². The Morgan fingerprint density at radius 1 is 1.15 bits per heavy atom. The van der Waals surface area contributed by atoms with Gasteiger partial charge in [-0.1, -0.05) is 51.3 Å². The van der Waals surface area contributed by atoms with E-state index in [0.29, 0.717) is 5.92 Å². The molecule has 0 aliphatic rings. The summed E-state index contributed by atoms with van der Waals surface area (Å²) in [4.78, 5) is 4.38. The molecule has 0 aliphatic heterocycles. The minimum Gasteiger partial charge on any atom is -0.392 e. The number of aliphatic hydroxyl groups excluding tert-OH is 1. The number of unbranched alkanes of at least 4 members (excludes halogenated alkanes) is 1. The van der Waals surface area contributed by atoms with Crippen LogP contribution in [0.15, 0.2) is 36.5 Å². The summed E-state index contributed by atoms with van der Waals surface area (Å²) in [5.74, 6) is 0.405. The summed E-state index contributed by atoms with van der Waals surface area (Å²) < 4.78 is 0. The number of para-hydroxylation sites is 1. The molecule has 2 nitrogen and oxygen atoms in total. The van der Waals surface area contributed by atoms with Gasteiger partial charge < -0.3 is 5.11 Å². The van der Waals surface area contributed by atoms with Crippen LogP contribution in [0.1, 0.15) is 45.1 Å². The zero-order valence-electron chi connectivity index (χ0n) is 12.5. The first-order valence-corrected chi connectivity index (χ1v) is 7.77. The molecule has 0 saturated heterocycles. The molecule has 0 saturated carbocycles. The molecule has 0 amide bonds. The SMILES string of the molecule is CCCCC(CC)C(O)Cc1ccnc2ccccc12. The molecule has 0 aliphatic carbocycles. The lowest BCUT2D eigenvalue weighted by Crippen LogP contribution is -2.22. The number of hydrogen-bond donors (Lipinski definition) is 1. The molecular formula is C18H25NO. The highest BCUT2D eigenvalue weighted by Crippen LogP contribution is 2.23. The van der Waals surface area contributed by atoms with E-state index in [9.17, 15) is 5.11 Å². The van der Waals surface area contributed by atoms with Crippen LogP contribution in [0.4, 0.5) is 0 Å². The number of fused-ring (bicyclic) bond motifs is 1. The van der Waals surface area contributed by atoms with Gasteiger partial charge in [0.05, 0.1) is 11.6 Å². The predicted molar refractivity (Wildman–Crippen MR) is 84.8 cm³/mol. The van der Waals surface area contributed by atoms with Gasteiger partial charge in [-0.25, -0.2) is 0 Å². The van der Waals surface area contributed by atoms with Gasteiger partial charge in [-0.2, -0.15) is 0 Å². The number of hydrogen-bond acceptors (Lipinski definition) is 2. The zero-order valence-corrected chi connectivity index (χ0v) is 12.5. The fourth-order valence-corrected chi connectivity index (χ4v) is 2.86. The lowest BCUT2D eigenvalue weighted by Gasteiger charge is -2.22. The number of nitrogens with zero attached hydrogens (tertiary/aromatic N) is 1. The summed E-state index contributed by atoms with van der Waals surface area (Å²) >= 11 is 0. The minimum absolute atomic E-state index is 0.252. The Hall–Kier alpha value is -1.41. The molecule has 1 N–H and O–H groups in total. The Bertz CT molecular complexity index is 532. The van der Waals surface area contributed by atoms with Crippen LogP contribution >= 0.6 is 0 Å². The smallest absolute Gasteiger partial charge is 0.0704 e. The topological polar surface area (TPSA) is 33.1 Å². The molecule has 2 aromatic rings. The van der Waals surface area contributed by atoms with Crippen LogP contribution in [-0.4, -0.2) is 16.2 Å². The molecule has 1 heterocycles. The Labute approximate surface area is 121 Å². The van der Waals surface area contributed by atoms with E-state index in [1.54, 1.807) is 0 Å². The number of aliphatic hydroxyl groups is 1. The zero-order chi connectivity index (χ0) is 14.4. The van der Waals surface area contributed by atoms with E-state index in [0.717, 1.165) is 24.8 Å².